The van der Waals surface area contributed by atoms with Crippen molar-refractivity contribution < 1.29 is 37.3 Å². The fraction of sp³-hybridized carbons (Fsp3) is 0.877. The van der Waals surface area contributed by atoms with Crippen molar-refractivity contribution in [1.82, 2.24) is 0 Å². The number of rotatable bonds is 53. The van der Waals surface area contributed by atoms with Crippen molar-refractivity contribution in [3.05, 3.63) is 36.5 Å². The minimum Gasteiger partial charge on any atom is -0.457 e. The number of phosphoric acid groups is 1. The van der Waals surface area contributed by atoms with E-state index in [9.17, 15) is 14.3 Å². The lowest BCUT2D eigenvalue weighted by Crippen LogP contribution is -2.37. The Balaban J connectivity index is 4.05. The lowest BCUT2D eigenvalue weighted by Gasteiger charge is -2.24. The minimum absolute atomic E-state index is 0.0887. The number of hydrogen-bond donors (Lipinski definition) is 1. The predicted molar refractivity (Wildman–Crippen MR) is 284 cm³/mol. The molecule has 0 heterocycles. The number of carbonyl (C=O) groups excluding carboxylic acids is 1. The molecule has 0 aliphatic carbocycles. The molecule has 0 amide bonds. The van der Waals surface area contributed by atoms with Gasteiger partial charge in [0.2, 0.25) is 0 Å². The Bertz CT molecular complexity index is 1150. The Hall–Kier alpha value is -1.28. The molecule has 1 N–H and O–H groups in total. The highest BCUT2D eigenvalue weighted by atomic mass is 31.2. The zero-order valence-corrected chi connectivity index (χ0v) is 45.3. The van der Waals surface area contributed by atoms with Crippen molar-refractivity contribution >= 4 is 13.8 Å². The van der Waals surface area contributed by atoms with Gasteiger partial charge in [-0.25, -0.2) is 4.57 Å². The summed E-state index contributed by atoms with van der Waals surface area (Å²) in [4.78, 5) is 23.0. The topological polar surface area (TPSA) is 91.3 Å². The summed E-state index contributed by atoms with van der Waals surface area (Å²) in [6, 6.07) is 0. The van der Waals surface area contributed by atoms with E-state index in [0.717, 1.165) is 38.5 Å². The molecule has 9 heteroatoms. The first kappa shape index (κ1) is 64.7. The molecular weight excluding hydrogens is 842 g/mol. The maximum Gasteiger partial charge on any atom is 0.472 e. The number of phosphoric ester groups is 1. The van der Waals surface area contributed by atoms with E-state index in [4.69, 9.17) is 18.5 Å². The Morgan fingerprint density at radius 2 is 0.833 bits per heavy atom. The fourth-order valence-electron chi connectivity index (χ4n) is 8.05. The number of ether oxygens (including phenoxy) is 2. The molecular formula is C57H111NO7P+. The van der Waals surface area contributed by atoms with Crippen molar-refractivity contribution in [1.29, 1.82) is 0 Å². The van der Waals surface area contributed by atoms with Crippen LogP contribution in [0.25, 0.3) is 0 Å². The number of allylic oxidation sites excluding steroid dienone is 6. The summed E-state index contributed by atoms with van der Waals surface area (Å²) >= 11 is 0. The zero-order chi connectivity index (χ0) is 48.3. The zero-order valence-electron chi connectivity index (χ0n) is 44.4. The third-order valence-corrected chi connectivity index (χ3v) is 13.4. The van der Waals surface area contributed by atoms with E-state index in [-0.39, 0.29) is 25.8 Å². The van der Waals surface area contributed by atoms with Crippen LogP contribution in [0.2, 0.25) is 0 Å². The van der Waals surface area contributed by atoms with Gasteiger partial charge < -0.3 is 18.9 Å². The van der Waals surface area contributed by atoms with Crippen LogP contribution in [0.3, 0.4) is 0 Å². The molecule has 0 bridgehead atoms. The molecule has 8 nitrogen and oxygen atoms in total. The molecule has 0 aliphatic rings. The molecule has 0 spiro atoms. The van der Waals surface area contributed by atoms with Crippen molar-refractivity contribution in [3.8, 4) is 0 Å². The Kier molecular flexibility index (Phi) is 49.1. The number of nitrogens with zero attached hydrogens (tertiary/aromatic N) is 1. The van der Waals surface area contributed by atoms with Gasteiger partial charge in [0.1, 0.15) is 19.3 Å². The standard InChI is InChI=1S/C57H110NO7P/c1-6-8-10-12-14-16-18-20-22-24-26-27-28-29-30-31-32-33-35-37-39-41-43-45-47-49-52-62-54-56(55-64-66(60,61)63-53-51-58(3,4)5)65-57(59)50-48-46-44-42-40-38-36-34-25-23-21-19-17-15-13-11-9-7-2/h18,20,23-26,56H,6-17,19,21-22,27-55H2,1-5H3/p+1/b20-18-,25-23-,26-24-. The van der Waals surface area contributed by atoms with Gasteiger partial charge in [0, 0.05) is 13.0 Å². The molecule has 0 aromatic heterocycles. The van der Waals surface area contributed by atoms with E-state index in [1.54, 1.807) is 0 Å². The van der Waals surface area contributed by atoms with E-state index in [1.165, 1.54) is 205 Å². The van der Waals surface area contributed by atoms with Gasteiger partial charge in [-0.2, -0.15) is 0 Å². The van der Waals surface area contributed by atoms with Crippen LogP contribution >= 0.6 is 7.82 Å². The van der Waals surface area contributed by atoms with E-state index in [2.05, 4.69) is 50.3 Å². The molecule has 66 heavy (non-hydrogen) atoms. The van der Waals surface area contributed by atoms with Crippen LogP contribution < -0.4 is 0 Å². The molecule has 0 rings (SSSR count). The molecule has 2 atom stereocenters. The summed E-state index contributed by atoms with van der Waals surface area (Å²) in [6.07, 6.45) is 62.0. The van der Waals surface area contributed by atoms with E-state index in [0.29, 0.717) is 24.1 Å². The number of quaternary nitrogens is 1. The van der Waals surface area contributed by atoms with Crippen LogP contribution in [-0.4, -0.2) is 75.6 Å². The maximum atomic E-state index is 12.8. The summed E-state index contributed by atoms with van der Waals surface area (Å²) in [5, 5.41) is 0. The summed E-state index contributed by atoms with van der Waals surface area (Å²) in [6.45, 7) is 5.65. The van der Waals surface area contributed by atoms with Crippen LogP contribution in [0.15, 0.2) is 36.5 Å². The number of hydrogen-bond acceptors (Lipinski definition) is 6. The van der Waals surface area contributed by atoms with Crippen molar-refractivity contribution in [2.24, 2.45) is 0 Å². The molecule has 2 unspecified atom stereocenters. The van der Waals surface area contributed by atoms with Crippen molar-refractivity contribution in [2.75, 3.05) is 54.1 Å². The molecule has 0 aromatic carbocycles. The molecule has 0 aromatic rings. The summed E-state index contributed by atoms with van der Waals surface area (Å²) in [7, 11) is 1.67. The largest absolute Gasteiger partial charge is 0.472 e. The molecule has 0 saturated heterocycles. The number of likely N-dealkylation sites (N-methyl/N-ethyl adjacent to an activating group) is 1. The SMILES string of the molecule is CCCCCCC/C=C\C/C=C\CCCCCCCCCCCCCCCCOCC(COP(=O)(O)OCC[N+](C)(C)C)OC(=O)CCCCCCCCC/C=C\CCCCCCCCC. The van der Waals surface area contributed by atoms with E-state index < -0.39 is 13.9 Å². The van der Waals surface area contributed by atoms with E-state index in [1.807, 2.05) is 21.1 Å². The third kappa shape index (κ3) is 53.7. The monoisotopic (exact) mass is 953 g/mol. The van der Waals surface area contributed by atoms with Gasteiger partial charge in [-0.05, 0) is 70.6 Å². The highest BCUT2D eigenvalue weighted by Gasteiger charge is 2.26. The van der Waals surface area contributed by atoms with Gasteiger partial charge in [0.25, 0.3) is 0 Å². The number of unbranched alkanes of at least 4 members (excludes halogenated alkanes) is 33. The van der Waals surface area contributed by atoms with Gasteiger partial charge in [0.05, 0.1) is 34.4 Å². The molecule has 0 radical (unpaired) electrons. The van der Waals surface area contributed by atoms with Gasteiger partial charge in [-0.15, -0.1) is 0 Å². The first-order valence-electron chi connectivity index (χ1n) is 28.2. The summed E-state index contributed by atoms with van der Waals surface area (Å²) in [5.74, 6) is -0.314. The Morgan fingerprint density at radius 3 is 1.24 bits per heavy atom. The fourth-order valence-corrected chi connectivity index (χ4v) is 8.79. The second-order valence-electron chi connectivity index (χ2n) is 20.3. The van der Waals surface area contributed by atoms with Crippen LogP contribution in [0.1, 0.15) is 264 Å². The second-order valence-corrected chi connectivity index (χ2v) is 21.8. The third-order valence-electron chi connectivity index (χ3n) is 12.4. The van der Waals surface area contributed by atoms with Crippen LogP contribution in [0.5, 0.6) is 0 Å². The summed E-state index contributed by atoms with van der Waals surface area (Å²) < 4.78 is 35.2. The van der Waals surface area contributed by atoms with Gasteiger partial charge in [0.15, 0.2) is 0 Å². The van der Waals surface area contributed by atoms with Crippen molar-refractivity contribution in [2.45, 2.75) is 270 Å². The second kappa shape index (κ2) is 50.1. The van der Waals surface area contributed by atoms with Crippen molar-refractivity contribution in [3.63, 3.8) is 0 Å². The normalized spacial score (nSPS) is 13.7. The molecule has 0 fully saturated rings. The molecule has 0 saturated carbocycles. The molecule has 390 valence electrons. The molecule has 0 aliphatic heterocycles. The Morgan fingerprint density at radius 1 is 0.470 bits per heavy atom. The average molecular weight is 953 g/mol. The quantitative estimate of drug-likeness (QED) is 0.0213. The Labute approximate surface area is 410 Å². The van der Waals surface area contributed by atoms with Gasteiger partial charge in [-0.1, -0.05) is 224 Å². The van der Waals surface area contributed by atoms with Crippen LogP contribution in [-0.2, 0) is 27.9 Å². The van der Waals surface area contributed by atoms with Gasteiger partial charge >= 0.3 is 13.8 Å². The number of esters is 1. The van der Waals surface area contributed by atoms with E-state index >= 15 is 0 Å². The van der Waals surface area contributed by atoms with Gasteiger partial charge in [-0.3, -0.25) is 13.8 Å². The lowest BCUT2D eigenvalue weighted by atomic mass is 10.0. The first-order valence-corrected chi connectivity index (χ1v) is 29.7. The maximum absolute atomic E-state index is 12.8. The lowest BCUT2D eigenvalue weighted by molar-refractivity contribution is -0.870. The highest BCUT2D eigenvalue weighted by molar-refractivity contribution is 7.47. The smallest absolute Gasteiger partial charge is 0.457 e. The van der Waals surface area contributed by atoms with Crippen LogP contribution in [0, 0.1) is 0 Å². The average Bonchev–Trinajstić information content (AvgIpc) is 3.28. The first-order chi connectivity index (χ1) is 32.1. The summed E-state index contributed by atoms with van der Waals surface area (Å²) in [5.41, 5.74) is 0. The highest BCUT2D eigenvalue weighted by Crippen LogP contribution is 2.43. The predicted octanol–water partition coefficient (Wildman–Crippen LogP) is 17.7. The van der Waals surface area contributed by atoms with Crippen LogP contribution in [0.4, 0.5) is 0 Å². The minimum atomic E-state index is -4.28. The number of carbonyl (C=O) groups is 1.